The highest BCUT2D eigenvalue weighted by Crippen LogP contribution is 2.24. The van der Waals surface area contributed by atoms with Crippen LogP contribution in [0.2, 0.25) is 0 Å². The number of hydrogen-bond donors (Lipinski definition) is 2. The highest BCUT2D eigenvalue weighted by atomic mass is 16.5. The molecule has 8 heteroatoms. The number of hydrogen-bond acceptors (Lipinski definition) is 5. The number of rotatable bonds is 3. The summed E-state index contributed by atoms with van der Waals surface area (Å²) in [5.74, 6) is 0.575. The maximum Gasteiger partial charge on any atom is 0.274 e. The predicted octanol–water partition coefficient (Wildman–Crippen LogP) is 0.952. The van der Waals surface area contributed by atoms with Gasteiger partial charge in [0.25, 0.3) is 11.9 Å². The molecule has 20 heavy (non-hydrogen) atoms. The summed E-state index contributed by atoms with van der Waals surface area (Å²) in [5, 5.41) is 16.5. The first kappa shape index (κ1) is 12.2. The maximum absolute atomic E-state index is 12.2. The van der Waals surface area contributed by atoms with Crippen LogP contribution in [0.4, 0.5) is 5.95 Å². The number of carbonyl (C=O) groups is 1. The van der Waals surface area contributed by atoms with Crippen LogP contribution in [-0.2, 0) is 7.05 Å². The zero-order valence-corrected chi connectivity index (χ0v) is 10.9. The van der Waals surface area contributed by atoms with E-state index in [0.717, 1.165) is 16.7 Å². The Balaban J connectivity index is 1.99. The monoisotopic (exact) mass is 272 g/mol. The number of aryl methyl sites for hydroxylation is 1. The van der Waals surface area contributed by atoms with E-state index in [2.05, 4.69) is 25.9 Å². The number of ether oxygens (including phenoxy) is 1. The Morgan fingerprint density at radius 2 is 2.25 bits per heavy atom. The number of anilines is 1. The molecule has 3 rings (SSSR count). The van der Waals surface area contributed by atoms with Crippen LogP contribution in [0.15, 0.2) is 24.3 Å². The summed E-state index contributed by atoms with van der Waals surface area (Å²) in [5.41, 5.74) is 1.40. The lowest BCUT2D eigenvalue weighted by Gasteiger charge is -2.04. The third kappa shape index (κ3) is 1.96. The van der Waals surface area contributed by atoms with Crippen LogP contribution in [0.1, 0.15) is 10.5 Å². The summed E-state index contributed by atoms with van der Waals surface area (Å²) >= 11 is 0. The zero-order chi connectivity index (χ0) is 14.1. The van der Waals surface area contributed by atoms with Gasteiger partial charge in [-0.3, -0.25) is 10.1 Å². The minimum absolute atomic E-state index is 0.137. The maximum atomic E-state index is 12.2. The fraction of sp³-hybridized carbons (Fsp3) is 0.167. The topological polar surface area (TPSA) is 97.7 Å². The van der Waals surface area contributed by atoms with E-state index < -0.39 is 0 Å². The fourth-order valence-electron chi connectivity index (χ4n) is 2.04. The number of nitrogens with one attached hydrogen (secondary N) is 2. The van der Waals surface area contributed by atoms with Gasteiger partial charge in [0.2, 0.25) is 0 Å². The third-order valence-electron chi connectivity index (χ3n) is 3.06. The van der Waals surface area contributed by atoms with Crippen LogP contribution in [0.5, 0.6) is 5.75 Å². The molecule has 0 aliphatic rings. The van der Waals surface area contributed by atoms with E-state index in [1.807, 2.05) is 25.2 Å². The molecule has 0 saturated carbocycles. The van der Waals surface area contributed by atoms with Gasteiger partial charge in [-0.2, -0.15) is 5.21 Å². The molecule has 0 radical (unpaired) electrons. The summed E-state index contributed by atoms with van der Waals surface area (Å²) in [7, 11) is 3.42. The van der Waals surface area contributed by atoms with Crippen molar-refractivity contribution in [2.45, 2.75) is 0 Å². The molecule has 0 fully saturated rings. The lowest BCUT2D eigenvalue weighted by atomic mass is 10.2. The largest absolute Gasteiger partial charge is 0.497 e. The number of amides is 1. The number of benzene rings is 1. The minimum Gasteiger partial charge on any atom is -0.497 e. The molecule has 0 unspecified atom stereocenters. The number of aromatic nitrogens is 5. The number of H-pyrrole nitrogens is 1. The molecular weight excluding hydrogens is 260 g/mol. The Bertz CT molecular complexity index is 762. The lowest BCUT2D eigenvalue weighted by Crippen LogP contribution is -2.16. The molecule has 1 amide bonds. The summed E-state index contributed by atoms with van der Waals surface area (Å²) in [6.07, 6.45) is 0. The molecule has 8 nitrogen and oxygen atoms in total. The van der Waals surface area contributed by atoms with Crippen LogP contribution in [0.3, 0.4) is 0 Å². The second-order valence-electron chi connectivity index (χ2n) is 4.20. The number of fused-ring (bicyclic) bond motifs is 1. The van der Waals surface area contributed by atoms with Crippen molar-refractivity contribution in [1.29, 1.82) is 0 Å². The van der Waals surface area contributed by atoms with Crippen molar-refractivity contribution in [2.24, 2.45) is 7.05 Å². The summed E-state index contributed by atoms with van der Waals surface area (Å²) < 4.78 is 6.97. The highest BCUT2D eigenvalue weighted by Gasteiger charge is 2.15. The predicted molar refractivity (Wildman–Crippen MR) is 71.6 cm³/mol. The molecule has 2 heterocycles. The van der Waals surface area contributed by atoms with Crippen molar-refractivity contribution in [2.75, 3.05) is 12.4 Å². The first-order valence-corrected chi connectivity index (χ1v) is 5.87. The van der Waals surface area contributed by atoms with Gasteiger partial charge in [-0.1, -0.05) is 5.10 Å². The SMILES string of the molecule is COc1ccc2cc(C(=O)Nc3nn[nH]n3)n(C)c2c1. The number of methoxy groups -OCH3 is 1. The Labute approximate surface area is 113 Å². The molecule has 0 bridgehead atoms. The Morgan fingerprint density at radius 3 is 2.95 bits per heavy atom. The standard InChI is InChI=1S/C12H12N6O2/c1-18-9-6-8(20-2)4-3-7(9)5-10(18)11(19)13-12-14-16-17-15-12/h3-6H,1-2H3,(H2,13,14,15,16,17,19). The molecule has 2 N–H and O–H groups in total. The molecule has 2 aromatic heterocycles. The van der Waals surface area contributed by atoms with Gasteiger partial charge >= 0.3 is 0 Å². The molecule has 0 spiro atoms. The molecule has 102 valence electrons. The van der Waals surface area contributed by atoms with Crippen LogP contribution in [0.25, 0.3) is 10.9 Å². The van der Waals surface area contributed by atoms with E-state index in [9.17, 15) is 4.79 Å². The fourth-order valence-corrected chi connectivity index (χ4v) is 2.04. The first-order chi connectivity index (χ1) is 9.69. The van der Waals surface area contributed by atoms with Gasteiger partial charge in [0, 0.05) is 18.5 Å². The van der Waals surface area contributed by atoms with Crippen molar-refractivity contribution >= 4 is 22.8 Å². The molecular formula is C12H12N6O2. The van der Waals surface area contributed by atoms with Crippen molar-refractivity contribution in [1.82, 2.24) is 25.2 Å². The molecule has 0 saturated heterocycles. The van der Waals surface area contributed by atoms with Crippen LogP contribution < -0.4 is 10.1 Å². The number of aromatic amines is 1. The van der Waals surface area contributed by atoms with Gasteiger partial charge in [0.1, 0.15) is 11.4 Å². The molecule has 0 atom stereocenters. The molecule has 1 aromatic carbocycles. The van der Waals surface area contributed by atoms with E-state index in [-0.39, 0.29) is 11.9 Å². The summed E-state index contributed by atoms with van der Waals surface area (Å²) in [4.78, 5) is 12.2. The van der Waals surface area contributed by atoms with Gasteiger partial charge in [-0.05, 0) is 23.4 Å². The molecule has 0 aliphatic heterocycles. The van der Waals surface area contributed by atoms with E-state index in [4.69, 9.17) is 4.74 Å². The summed E-state index contributed by atoms with van der Waals surface area (Å²) in [6, 6.07) is 7.42. The molecule has 0 aliphatic carbocycles. The second-order valence-corrected chi connectivity index (χ2v) is 4.20. The van der Waals surface area contributed by atoms with Gasteiger partial charge in [0.05, 0.1) is 12.6 Å². The van der Waals surface area contributed by atoms with Gasteiger partial charge < -0.3 is 9.30 Å². The van der Waals surface area contributed by atoms with E-state index in [0.29, 0.717) is 5.69 Å². The van der Waals surface area contributed by atoms with E-state index in [1.165, 1.54) is 0 Å². The average molecular weight is 272 g/mol. The third-order valence-corrected chi connectivity index (χ3v) is 3.06. The lowest BCUT2D eigenvalue weighted by molar-refractivity contribution is 0.101. The van der Waals surface area contributed by atoms with Crippen molar-refractivity contribution in [3.8, 4) is 5.75 Å². The highest BCUT2D eigenvalue weighted by molar-refractivity contribution is 6.05. The van der Waals surface area contributed by atoms with Crippen LogP contribution >= 0.6 is 0 Å². The zero-order valence-electron chi connectivity index (χ0n) is 10.9. The Kier molecular flexibility index (Phi) is 2.82. The van der Waals surface area contributed by atoms with Crippen molar-refractivity contribution < 1.29 is 9.53 Å². The normalized spacial score (nSPS) is 10.7. The smallest absolute Gasteiger partial charge is 0.274 e. The minimum atomic E-state index is -0.302. The van der Waals surface area contributed by atoms with Crippen molar-refractivity contribution in [3.63, 3.8) is 0 Å². The van der Waals surface area contributed by atoms with Crippen molar-refractivity contribution in [3.05, 3.63) is 30.0 Å². The first-order valence-electron chi connectivity index (χ1n) is 5.87. The van der Waals surface area contributed by atoms with Crippen LogP contribution in [-0.4, -0.2) is 38.2 Å². The number of carbonyl (C=O) groups excluding carboxylic acids is 1. The van der Waals surface area contributed by atoms with Gasteiger partial charge in [-0.25, -0.2) is 0 Å². The van der Waals surface area contributed by atoms with E-state index in [1.54, 1.807) is 17.7 Å². The van der Waals surface area contributed by atoms with E-state index >= 15 is 0 Å². The number of tetrazole rings is 1. The quantitative estimate of drug-likeness (QED) is 0.739. The summed E-state index contributed by atoms with van der Waals surface area (Å²) in [6.45, 7) is 0. The Hall–Kier alpha value is -2.90. The van der Waals surface area contributed by atoms with Crippen LogP contribution in [0, 0.1) is 0 Å². The second kappa shape index (κ2) is 4.65. The van der Waals surface area contributed by atoms with Gasteiger partial charge in [-0.15, -0.1) is 5.10 Å². The molecule has 3 aromatic rings. The average Bonchev–Trinajstić information content (AvgIpc) is 3.07. The Morgan fingerprint density at radius 1 is 1.40 bits per heavy atom. The van der Waals surface area contributed by atoms with Gasteiger partial charge in [0.15, 0.2) is 0 Å². The number of nitrogens with zero attached hydrogens (tertiary/aromatic N) is 4.